The first kappa shape index (κ1) is 17.8. The van der Waals surface area contributed by atoms with Gasteiger partial charge in [-0.05, 0) is 62.4 Å². The standard InChI is InChI=1S/C20H22FN3S/c1-13-14(2)19(10-22)20(25)24(15(13)3)12-23(18-8-9-18)11-16-4-6-17(21)7-5-16/h4-7,18H,8-9,11-12H2,1-3H3. The topological polar surface area (TPSA) is 32.0 Å². The molecule has 0 unspecified atom stereocenters. The van der Waals surface area contributed by atoms with E-state index in [1.807, 2.05) is 26.0 Å². The molecule has 5 heteroatoms. The minimum Gasteiger partial charge on any atom is -0.322 e. The minimum absolute atomic E-state index is 0.215. The van der Waals surface area contributed by atoms with Gasteiger partial charge in [-0.15, -0.1) is 0 Å². The van der Waals surface area contributed by atoms with Crippen LogP contribution < -0.4 is 0 Å². The second-order valence-corrected chi connectivity index (χ2v) is 7.19. The summed E-state index contributed by atoms with van der Waals surface area (Å²) in [5, 5.41) is 9.48. The third-order valence-corrected chi connectivity index (χ3v) is 5.57. The van der Waals surface area contributed by atoms with Crippen LogP contribution in [0.1, 0.15) is 40.8 Å². The molecule has 2 aromatic rings. The van der Waals surface area contributed by atoms with Gasteiger partial charge in [0.25, 0.3) is 0 Å². The Morgan fingerprint density at radius 1 is 1.20 bits per heavy atom. The maximum absolute atomic E-state index is 13.2. The monoisotopic (exact) mass is 355 g/mol. The fourth-order valence-corrected chi connectivity index (χ4v) is 3.54. The Morgan fingerprint density at radius 3 is 2.40 bits per heavy atom. The molecule has 0 amide bonds. The Bertz CT molecular complexity index is 889. The van der Waals surface area contributed by atoms with Crippen molar-refractivity contribution >= 4 is 12.2 Å². The third-order valence-electron chi connectivity index (χ3n) is 5.14. The van der Waals surface area contributed by atoms with Crippen LogP contribution in [0.15, 0.2) is 24.3 Å². The molecule has 1 aromatic carbocycles. The van der Waals surface area contributed by atoms with Gasteiger partial charge in [-0.25, -0.2) is 4.39 Å². The van der Waals surface area contributed by atoms with Crippen molar-refractivity contribution in [2.45, 2.75) is 52.9 Å². The molecule has 0 bridgehead atoms. The van der Waals surface area contributed by atoms with Crippen LogP contribution in [0.25, 0.3) is 0 Å². The number of benzene rings is 1. The van der Waals surface area contributed by atoms with Gasteiger partial charge in [0.2, 0.25) is 0 Å². The largest absolute Gasteiger partial charge is 0.322 e. The number of hydrogen-bond acceptors (Lipinski definition) is 3. The van der Waals surface area contributed by atoms with Crippen LogP contribution in [0, 0.1) is 42.6 Å². The van der Waals surface area contributed by atoms with E-state index >= 15 is 0 Å². The van der Waals surface area contributed by atoms with Gasteiger partial charge in [-0.1, -0.05) is 24.4 Å². The van der Waals surface area contributed by atoms with Gasteiger partial charge in [-0.2, -0.15) is 5.26 Å². The molecular formula is C20H22FN3S. The highest BCUT2D eigenvalue weighted by Crippen LogP contribution is 2.30. The van der Waals surface area contributed by atoms with Gasteiger partial charge in [0.05, 0.1) is 12.2 Å². The lowest BCUT2D eigenvalue weighted by molar-refractivity contribution is 0.195. The summed E-state index contributed by atoms with van der Waals surface area (Å²) in [4.78, 5) is 2.37. The molecule has 1 fully saturated rings. The average molecular weight is 355 g/mol. The van der Waals surface area contributed by atoms with Crippen LogP contribution >= 0.6 is 12.2 Å². The lowest BCUT2D eigenvalue weighted by atomic mass is 10.0. The number of halogens is 1. The number of rotatable bonds is 5. The van der Waals surface area contributed by atoms with Crippen molar-refractivity contribution in [3.8, 4) is 6.07 Å². The van der Waals surface area contributed by atoms with Gasteiger partial charge < -0.3 is 4.57 Å². The summed E-state index contributed by atoms with van der Waals surface area (Å²) >= 11 is 5.60. The lowest BCUT2D eigenvalue weighted by Crippen LogP contribution is -2.30. The summed E-state index contributed by atoms with van der Waals surface area (Å²) < 4.78 is 15.8. The fraction of sp³-hybridized carbons (Fsp3) is 0.400. The highest BCUT2D eigenvalue weighted by Gasteiger charge is 2.29. The second-order valence-electron chi connectivity index (χ2n) is 6.80. The molecule has 1 aliphatic carbocycles. The Hall–Kier alpha value is -2.03. The number of nitrogens with zero attached hydrogens (tertiary/aromatic N) is 3. The van der Waals surface area contributed by atoms with E-state index in [4.69, 9.17) is 12.2 Å². The summed E-state index contributed by atoms with van der Waals surface area (Å²) in [6, 6.07) is 9.45. The van der Waals surface area contributed by atoms with Crippen LogP contribution in [-0.2, 0) is 13.2 Å². The molecule has 0 saturated heterocycles. The zero-order valence-corrected chi connectivity index (χ0v) is 15.7. The summed E-state index contributed by atoms with van der Waals surface area (Å²) in [5.74, 6) is -0.215. The van der Waals surface area contributed by atoms with Crippen molar-refractivity contribution in [1.29, 1.82) is 5.26 Å². The zero-order valence-electron chi connectivity index (χ0n) is 14.8. The van der Waals surface area contributed by atoms with Gasteiger partial charge in [-0.3, -0.25) is 4.90 Å². The Kier molecular flexibility index (Phi) is 5.03. The maximum Gasteiger partial charge on any atom is 0.125 e. The SMILES string of the molecule is Cc1c(C)c(C)n(CN(Cc2ccc(F)cc2)C2CC2)c(=S)c1C#N. The molecule has 0 spiro atoms. The van der Waals surface area contributed by atoms with Crippen LogP contribution in [0.2, 0.25) is 0 Å². The molecule has 0 atom stereocenters. The fourth-order valence-electron chi connectivity index (χ4n) is 3.15. The third kappa shape index (κ3) is 3.65. The minimum atomic E-state index is -0.215. The van der Waals surface area contributed by atoms with Crippen LogP contribution in [0.4, 0.5) is 4.39 Å². The Labute approximate surface area is 153 Å². The van der Waals surface area contributed by atoms with Gasteiger partial charge >= 0.3 is 0 Å². The zero-order chi connectivity index (χ0) is 18.1. The average Bonchev–Trinajstić information content (AvgIpc) is 3.43. The Morgan fingerprint density at radius 2 is 1.84 bits per heavy atom. The summed E-state index contributed by atoms with van der Waals surface area (Å²) in [5.41, 5.74) is 4.86. The molecule has 1 saturated carbocycles. The molecule has 25 heavy (non-hydrogen) atoms. The molecule has 3 rings (SSSR count). The van der Waals surface area contributed by atoms with E-state index < -0.39 is 0 Å². The van der Waals surface area contributed by atoms with Crippen LogP contribution in [-0.4, -0.2) is 15.5 Å². The molecule has 1 aromatic heterocycles. The van der Waals surface area contributed by atoms with E-state index in [9.17, 15) is 9.65 Å². The molecule has 130 valence electrons. The predicted molar refractivity (Wildman–Crippen MR) is 99.2 cm³/mol. The summed E-state index contributed by atoms with van der Waals surface area (Å²) in [6.07, 6.45) is 2.34. The van der Waals surface area contributed by atoms with Crippen molar-refractivity contribution in [1.82, 2.24) is 9.47 Å². The highest BCUT2D eigenvalue weighted by atomic mass is 32.1. The lowest BCUT2D eigenvalue weighted by Gasteiger charge is -2.26. The van der Waals surface area contributed by atoms with Crippen LogP contribution in [0.5, 0.6) is 0 Å². The van der Waals surface area contributed by atoms with Crippen LogP contribution in [0.3, 0.4) is 0 Å². The molecule has 0 N–H and O–H groups in total. The molecule has 0 radical (unpaired) electrons. The van der Waals surface area contributed by atoms with Crippen molar-refractivity contribution in [3.63, 3.8) is 0 Å². The first-order valence-electron chi connectivity index (χ1n) is 8.51. The van der Waals surface area contributed by atoms with Gasteiger partial charge in [0.1, 0.15) is 16.5 Å². The predicted octanol–water partition coefficient (Wildman–Crippen LogP) is 4.78. The van der Waals surface area contributed by atoms with E-state index in [2.05, 4.69) is 22.5 Å². The van der Waals surface area contributed by atoms with Crippen molar-refractivity contribution < 1.29 is 4.39 Å². The molecule has 1 heterocycles. The van der Waals surface area contributed by atoms with E-state index in [1.165, 1.54) is 25.0 Å². The van der Waals surface area contributed by atoms with E-state index in [1.54, 1.807) is 0 Å². The smallest absolute Gasteiger partial charge is 0.125 e. The number of nitriles is 1. The Balaban J connectivity index is 1.93. The normalized spacial score (nSPS) is 13.9. The van der Waals surface area contributed by atoms with E-state index in [0.717, 1.165) is 28.9 Å². The van der Waals surface area contributed by atoms with Crippen molar-refractivity contribution in [3.05, 3.63) is 62.7 Å². The molecule has 1 aliphatic rings. The van der Waals surface area contributed by atoms with Crippen molar-refractivity contribution in [2.75, 3.05) is 0 Å². The molecule has 0 aliphatic heterocycles. The van der Waals surface area contributed by atoms with E-state index in [-0.39, 0.29) is 5.82 Å². The van der Waals surface area contributed by atoms with E-state index in [0.29, 0.717) is 22.9 Å². The number of hydrogen-bond donors (Lipinski definition) is 0. The molecule has 3 nitrogen and oxygen atoms in total. The first-order chi connectivity index (χ1) is 11.9. The second kappa shape index (κ2) is 7.07. The maximum atomic E-state index is 13.2. The molecular weight excluding hydrogens is 333 g/mol. The summed E-state index contributed by atoms with van der Waals surface area (Å²) in [7, 11) is 0. The van der Waals surface area contributed by atoms with Crippen molar-refractivity contribution in [2.24, 2.45) is 0 Å². The first-order valence-corrected chi connectivity index (χ1v) is 8.92. The van der Waals surface area contributed by atoms with Gasteiger partial charge in [0, 0.05) is 18.3 Å². The summed E-state index contributed by atoms with van der Waals surface area (Å²) in [6.45, 7) is 7.46. The number of pyridine rings is 1. The number of aromatic nitrogens is 1. The highest BCUT2D eigenvalue weighted by molar-refractivity contribution is 7.71. The van der Waals surface area contributed by atoms with Gasteiger partial charge in [0.15, 0.2) is 0 Å². The quantitative estimate of drug-likeness (QED) is 0.724.